The Kier molecular flexibility index (Phi) is 5.59. The van der Waals surface area contributed by atoms with Crippen LogP contribution in [0.2, 0.25) is 0 Å². The normalized spacial score (nSPS) is 17.1. The molecule has 0 atom stereocenters. The zero-order valence-electron chi connectivity index (χ0n) is 11.8. The fraction of sp³-hybridized carbons (Fsp3) is 0.533. The molecule has 4 nitrogen and oxygen atoms in total. The number of methoxy groups -OCH3 is 1. The van der Waals surface area contributed by atoms with Crippen molar-refractivity contribution in [3.05, 3.63) is 29.3 Å². The molecule has 2 rings (SSSR count). The molecule has 1 fully saturated rings. The van der Waals surface area contributed by atoms with Gasteiger partial charge >= 0.3 is 0 Å². The van der Waals surface area contributed by atoms with E-state index in [0.29, 0.717) is 11.3 Å². The number of hydrogen-bond acceptors (Lipinski definition) is 4. The van der Waals surface area contributed by atoms with Gasteiger partial charge in [-0.05, 0) is 30.5 Å². The second-order valence-electron chi connectivity index (χ2n) is 5.09. The maximum atomic E-state index is 8.84. The molecule has 110 valence electrons. The van der Waals surface area contributed by atoms with Crippen molar-refractivity contribution in [2.24, 2.45) is 10.9 Å². The number of thioether (sulfide) groups is 1. The van der Waals surface area contributed by atoms with E-state index in [4.69, 9.17) is 15.7 Å². The molecule has 3 N–H and O–H groups in total. The SMILES string of the molecule is COc1ccc(CSC2CCCCC2)cc1C(N)=NO. The lowest BCUT2D eigenvalue weighted by Gasteiger charge is -2.21. The van der Waals surface area contributed by atoms with Gasteiger partial charge < -0.3 is 15.7 Å². The molecule has 0 heterocycles. The van der Waals surface area contributed by atoms with Crippen molar-refractivity contribution in [2.75, 3.05) is 7.11 Å². The van der Waals surface area contributed by atoms with Crippen LogP contribution in [-0.4, -0.2) is 23.4 Å². The molecular formula is C15H22N2O2S. The summed E-state index contributed by atoms with van der Waals surface area (Å²) in [6.45, 7) is 0. The van der Waals surface area contributed by atoms with E-state index in [0.717, 1.165) is 11.0 Å². The predicted octanol–water partition coefficient (Wildman–Crippen LogP) is 3.36. The van der Waals surface area contributed by atoms with Crippen molar-refractivity contribution < 1.29 is 9.94 Å². The first kappa shape index (κ1) is 15.0. The second kappa shape index (κ2) is 7.43. The molecule has 0 saturated heterocycles. The van der Waals surface area contributed by atoms with Crippen molar-refractivity contribution in [1.29, 1.82) is 0 Å². The van der Waals surface area contributed by atoms with E-state index in [1.807, 2.05) is 30.0 Å². The Hall–Kier alpha value is -1.36. The van der Waals surface area contributed by atoms with Gasteiger partial charge in [-0.2, -0.15) is 11.8 Å². The minimum atomic E-state index is 0.0892. The molecule has 0 bridgehead atoms. The lowest BCUT2D eigenvalue weighted by atomic mass is 10.0. The van der Waals surface area contributed by atoms with Crippen molar-refractivity contribution in [3.63, 3.8) is 0 Å². The highest BCUT2D eigenvalue weighted by Crippen LogP contribution is 2.31. The summed E-state index contributed by atoms with van der Waals surface area (Å²) in [4.78, 5) is 0. The van der Waals surface area contributed by atoms with Gasteiger partial charge in [0.25, 0.3) is 0 Å². The van der Waals surface area contributed by atoms with Crippen LogP contribution < -0.4 is 10.5 Å². The standard InChI is InChI=1S/C15H22N2O2S/c1-19-14-8-7-11(9-13(14)15(16)17-18)10-20-12-5-3-2-4-6-12/h7-9,12,18H,2-6,10H2,1H3,(H2,16,17). The number of nitrogens with zero attached hydrogens (tertiary/aromatic N) is 1. The predicted molar refractivity (Wildman–Crippen MR) is 83.7 cm³/mol. The molecule has 1 saturated carbocycles. The van der Waals surface area contributed by atoms with Gasteiger partial charge in [0, 0.05) is 11.0 Å². The first-order valence-corrected chi connectivity index (χ1v) is 8.06. The van der Waals surface area contributed by atoms with Crippen LogP contribution in [0.3, 0.4) is 0 Å². The minimum absolute atomic E-state index is 0.0892. The average Bonchev–Trinajstić information content (AvgIpc) is 2.52. The minimum Gasteiger partial charge on any atom is -0.496 e. The number of benzene rings is 1. The molecule has 1 aliphatic carbocycles. The summed E-state index contributed by atoms with van der Waals surface area (Å²) in [5.74, 6) is 1.68. The van der Waals surface area contributed by atoms with Gasteiger partial charge in [-0.1, -0.05) is 30.5 Å². The number of rotatable bonds is 5. The Labute approximate surface area is 124 Å². The molecule has 0 aliphatic heterocycles. The van der Waals surface area contributed by atoms with Crippen LogP contribution in [0.4, 0.5) is 0 Å². The van der Waals surface area contributed by atoms with Crippen molar-refractivity contribution in [1.82, 2.24) is 0 Å². The Bertz CT molecular complexity index is 471. The number of oxime groups is 1. The summed E-state index contributed by atoms with van der Waals surface area (Å²) < 4.78 is 5.24. The van der Waals surface area contributed by atoms with Crippen LogP contribution in [0.5, 0.6) is 5.75 Å². The van der Waals surface area contributed by atoms with Crippen LogP contribution in [0.15, 0.2) is 23.4 Å². The third kappa shape index (κ3) is 3.82. The lowest BCUT2D eigenvalue weighted by molar-refractivity contribution is 0.318. The van der Waals surface area contributed by atoms with E-state index in [1.165, 1.54) is 37.7 Å². The van der Waals surface area contributed by atoms with E-state index in [-0.39, 0.29) is 5.84 Å². The Morgan fingerprint density at radius 1 is 1.40 bits per heavy atom. The largest absolute Gasteiger partial charge is 0.496 e. The Balaban J connectivity index is 2.04. The molecular weight excluding hydrogens is 272 g/mol. The highest BCUT2D eigenvalue weighted by molar-refractivity contribution is 7.99. The molecule has 0 spiro atoms. The highest BCUT2D eigenvalue weighted by atomic mass is 32.2. The summed E-state index contributed by atoms with van der Waals surface area (Å²) in [6, 6.07) is 5.87. The van der Waals surface area contributed by atoms with E-state index in [9.17, 15) is 0 Å². The lowest BCUT2D eigenvalue weighted by Crippen LogP contribution is -2.15. The van der Waals surface area contributed by atoms with Gasteiger partial charge in [0.15, 0.2) is 5.84 Å². The quantitative estimate of drug-likeness (QED) is 0.378. The molecule has 0 radical (unpaired) electrons. The van der Waals surface area contributed by atoms with Gasteiger partial charge in [-0.25, -0.2) is 0 Å². The van der Waals surface area contributed by atoms with Crippen LogP contribution >= 0.6 is 11.8 Å². The summed E-state index contributed by atoms with van der Waals surface area (Å²) in [5.41, 5.74) is 7.52. The first-order valence-electron chi connectivity index (χ1n) is 7.01. The van der Waals surface area contributed by atoms with E-state index >= 15 is 0 Å². The van der Waals surface area contributed by atoms with Crippen molar-refractivity contribution >= 4 is 17.6 Å². The first-order chi connectivity index (χ1) is 9.74. The third-order valence-corrected chi connectivity index (χ3v) is 5.13. The number of ether oxygens (including phenoxy) is 1. The molecule has 5 heteroatoms. The molecule has 1 aromatic rings. The van der Waals surface area contributed by atoms with Crippen LogP contribution in [0.1, 0.15) is 43.2 Å². The maximum absolute atomic E-state index is 8.84. The number of amidine groups is 1. The maximum Gasteiger partial charge on any atom is 0.173 e. The average molecular weight is 294 g/mol. The Morgan fingerprint density at radius 3 is 2.80 bits per heavy atom. The van der Waals surface area contributed by atoms with E-state index in [2.05, 4.69) is 5.16 Å². The molecule has 0 aromatic heterocycles. The van der Waals surface area contributed by atoms with Crippen LogP contribution in [0.25, 0.3) is 0 Å². The van der Waals surface area contributed by atoms with Crippen LogP contribution in [0, 0.1) is 0 Å². The Morgan fingerprint density at radius 2 is 2.15 bits per heavy atom. The zero-order valence-corrected chi connectivity index (χ0v) is 12.7. The van der Waals surface area contributed by atoms with Gasteiger partial charge in [0.05, 0.1) is 12.7 Å². The van der Waals surface area contributed by atoms with Gasteiger partial charge in [0.2, 0.25) is 0 Å². The van der Waals surface area contributed by atoms with E-state index < -0.39 is 0 Å². The molecule has 0 unspecified atom stereocenters. The summed E-state index contributed by atoms with van der Waals surface area (Å²) in [7, 11) is 1.58. The monoisotopic (exact) mass is 294 g/mol. The fourth-order valence-electron chi connectivity index (χ4n) is 2.54. The van der Waals surface area contributed by atoms with Crippen LogP contribution in [-0.2, 0) is 5.75 Å². The molecule has 20 heavy (non-hydrogen) atoms. The number of nitrogens with two attached hydrogens (primary N) is 1. The summed E-state index contributed by atoms with van der Waals surface area (Å²) in [5, 5.41) is 12.7. The van der Waals surface area contributed by atoms with Gasteiger partial charge in [-0.3, -0.25) is 0 Å². The second-order valence-corrected chi connectivity index (χ2v) is 6.38. The third-order valence-electron chi connectivity index (χ3n) is 3.69. The zero-order chi connectivity index (χ0) is 14.4. The van der Waals surface area contributed by atoms with Crippen molar-refractivity contribution in [3.8, 4) is 5.75 Å². The molecule has 1 aromatic carbocycles. The summed E-state index contributed by atoms with van der Waals surface area (Å²) >= 11 is 2.01. The summed E-state index contributed by atoms with van der Waals surface area (Å²) in [6.07, 6.45) is 6.75. The number of hydrogen-bond donors (Lipinski definition) is 2. The van der Waals surface area contributed by atoms with Crippen molar-refractivity contribution in [2.45, 2.75) is 43.1 Å². The molecule has 1 aliphatic rings. The van der Waals surface area contributed by atoms with Gasteiger partial charge in [-0.15, -0.1) is 0 Å². The smallest absolute Gasteiger partial charge is 0.173 e. The van der Waals surface area contributed by atoms with Gasteiger partial charge in [0.1, 0.15) is 5.75 Å². The topological polar surface area (TPSA) is 67.8 Å². The van der Waals surface area contributed by atoms with E-state index in [1.54, 1.807) is 7.11 Å². The highest BCUT2D eigenvalue weighted by Gasteiger charge is 2.14. The molecule has 0 amide bonds. The fourth-order valence-corrected chi connectivity index (χ4v) is 3.82.